The third-order valence-corrected chi connectivity index (χ3v) is 7.40. The fourth-order valence-corrected chi connectivity index (χ4v) is 5.16. The van der Waals surface area contributed by atoms with Crippen LogP contribution >= 0.6 is 11.8 Å². The number of pyridine rings is 1. The second-order valence-electron chi connectivity index (χ2n) is 8.15. The van der Waals surface area contributed by atoms with Gasteiger partial charge in [-0.3, -0.25) is 9.79 Å². The summed E-state index contributed by atoms with van der Waals surface area (Å²) < 4.78 is 56.0. The first-order chi connectivity index (χ1) is 15.5. The van der Waals surface area contributed by atoms with Crippen LogP contribution in [0.15, 0.2) is 40.4 Å². The number of hydrogen-bond donors (Lipinski definition) is 3. The average Bonchev–Trinajstić information content (AvgIpc) is 2.74. The molecule has 174 valence electrons. The molecule has 3 heterocycles. The maximum absolute atomic E-state index is 15.0. The Morgan fingerprint density at radius 2 is 1.97 bits per heavy atom. The van der Waals surface area contributed by atoms with E-state index in [0.717, 1.165) is 24.0 Å². The van der Waals surface area contributed by atoms with Crippen LogP contribution in [0.25, 0.3) is 11.0 Å². The minimum Gasteiger partial charge on any atom is -0.378 e. The van der Waals surface area contributed by atoms with Gasteiger partial charge in [0.1, 0.15) is 5.52 Å². The highest BCUT2D eigenvalue weighted by Crippen LogP contribution is 2.53. The van der Waals surface area contributed by atoms with Gasteiger partial charge in [0, 0.05) is 29.4 Å². The fourth-order valence-electron chi connectivity index (χ4n) is 3.98. The molecule has 0 radical (unpaired) electrons. The SMILES string of the molecule is CC1[C@@](C)(C(F)F)SC(N)=N[C@]1(C)c1cc(Nc2nccc3[nH]c(=O)cnc23)cc(F)c1F. The summed E-state index contributed by atoms with van der Waals surface area (Å²) in [4.78, 5) is 26.6. The molecule has 4 rings (SSSR count). The predicted octanol–water partition coefficient (Wildman–Crippen LogP) is 4.28. The lowest BCUT2D eigenvalue weighted by Gasteiger charge is -2.46. The van der Waals surface area contributed by atoms with Crippen LogP contribution in [-0.2, 0) is 5.54 Å². The maximum Gasteiger partial charge on any atom is 0.266 e. The number of aromatic amines is 1. The van der Waals surface area contributed by atoms with Gasteiger partial charge in [0.05, 0.1) is 22.0 Å². The van der Waals surface area contributed by atoms with Crippen molar-refractivity contribution in [3.63, 3.8) is 0 Å². The van der Waals surface area contributed by atoms with Gasteiger partial charge in [0.2, 0.25) is 0 Å². The Morgan fingerprint density at radius 1 is 1.24 bits per heavy atom. The molecule has 0 bridgehead atoms. The molecule has 0 saturated heterocycles. The van der Waals surface area contributed by atoms with Crippen LogP contribution in [0.3, 0.4) is 0 Å². The van der Waals surface area contributed by atoms with Crippen molar-refractivity contribution in [3.05, 3.63) is 58.1 Å². The van der Waals surface area contributed by atoms with Crippen LogP contribution in [0.1, 0.15) is 26.3 Å². The molecule has 1 aliphatic heterocycles. The third-order valence-electron chi connectivity index (χ3n) is 6.13. The van der Waals surface area contributed by atoms with E-state index >= 15 is 4.39 Å². The van der Waals surface area contributed by atoms with Crippen molar-refractivity contribution in [2.24, 2.45) is 16.6 Å². The fraction of sp³-hybridized carbons (Fsp3) is 0.333. The second-order valence-corrected chi connectivity index (χ2v) is 9.66. The van der Waals surface area contributed by atoms with Crippen LogP contribution in [-0.4, -0.2) is 31.3 Å². The van der Waals surface area contributed by atoms with E-state index < -0.39 is 39.8 Å². The summed E-state index contributed by atoms with van der Waals surface area (Å²) in [6, 6.07) is 3.74. The number of halogens is 4. The molecule has 1 aromatic carbocycles. The Labute approximate surface area is 189 Å². The molecule has 2 aromatic heterocycles. The van der Waals surface area contributed by atoms with Crippen LogP contribution in [0, 0.1) is 17.6 Å². The zero-order chi connectivity index (χ0) is 24.1. The molecular weight excluding hydrogens is 460 g/mol. The smallest absolute Gasteiger partial charge is 0.266 e. The quantitative estimate of drug-likeness (QED) is 0.481. The highest BCUT2D eigenvalue weighted by molar-refractivity contribution is 8.15. The molecule has 3 atom stereocenters. The molecule has 12 heteroatoms. The standard InChI is InChI=1S/C21H20F4N6OS/c1-9-20(2,31-19(26)33-21(9,3)18(24)25)11-6-10(7-12(22)15(11)23)29-17-16-13(4-5-27-17)30-14(32)8-28-16/h4-9,18H,1-3H3,(H2,26,31)(H,27,29)(H,30,32)/t9?,20-,21-/m0/s1. The van der Waals surface area contributed by atoms with Crippen LogP contribution < -0.4 is 16.6 Å². The first kappa shape index (κ1) is 23.0. The van der Waals surface area contributed by atoms with Crippen LogP contribution in [0.4, 0.5) is 29.1 Å². The van der Waals surface area contributed by atoms with Gasteiger partial charge < -0.3 is 16.0 Å². The predicted molar refractivity (Wildman–Crippen MR) is 120 cm³/mol. The average molecular weight is 480 g/mol. The number of benzene rings is 1. The number of thioether (sulfide) groups is 1. The number of amidine groups is 1. The number of fused-ring (bicyclic) bond motifs is 1. The van der Waals surface area contributed by atoms with Gasteiger partial charge in [0.25, 0.3) is 12.0 Å². The lowest BCUT2D eigenvalue weighted by Crippen LogP contribution is -2.52. The number of alkyl halides is 2. The Morgan fingerprint density at radius 3 is 2.67 bits per heavy atom. The zero-order valence-electron chi connectivity index (χ0n) is 17.8. The summed E-state index contributed by atoms with van der Waals surface area (Å²) in [5, 5.41) is 2.73. The third kappa shape index (κ3) is 3.81. The van der Waals surface area contributed by atoms with E-state index in [1.165, 1.54) is 39.1 Å². The Bertz CT molecular complexity index is 1330. The van der Waals surface area contributed by atoms with Crippen molar-refractivity contribution in [1.82, 2.24) is 15.0 Å². The number of nitrogens with one attached hydrogen (secondary N) is 2. The molecule has 0 aliphatic carbocycles. The van der Waals surface area contributed by atoms with Gasteiger partial charge in [-0.25, -0.2) is 27.5 Å². The molecule has 1 aliphatic rings. The number of aliphatic imine (C=N–C) groups is 1. The highest BCUT2D eigenvalue weighted by Gasteiger charge is 2.54. The van der Waals surface area contributed by atoms with Crippen molar-refractivity contribution >= 4 is 39.5 Å². The van der Waals surface area contributed by atoms with Crippen molar-refractivity contribution in [2.45, 2.75) is 37.5 Å². The minimum absolute atomic E-state index is 0.0936. The van der Waals surface area contributed by atoms with Crippen molar-refractivity contribution in [2.75, 3.05) is 5.32 Å². The van der Waals surface area contributed by atoms with Gasteiger partial charge in [-0.05, 0) is 26.0 Å². The molecule has 0 saturated carbocycles. The molecule has 33 heavy (non-hydrogen) atoms. The van der Waals surface area contributed by atoms with E-state index in [-0.39, 0.29) is 22.2 Å². The van der Waals surface area contributed by atoms with E-state index in [1.807, 2.05) is 0 Å². The molecule has 0 amide bonds. The summed E-state index contributed by atoms with van der Waals surface area (Å²) in [6.45, 7) is 4.30. The van der Waals surface area contributed by atoms with Gasteiger partial charge in [-0.15, -0.1) is 0 Å². The monoisotopic (exact) mass is 480 g/mol. The first-order valence-electron chi connectivity index (χ1n) is 9.89. The summed E-state index contributed by atoms with van der Waals surface area (Å²) in [5.41, 5.74) is 4.41. The van der Waals surface area contributed by atoms with Crippen molar-refractivity contribution in [3.8, 4) is 0 Å². The Kier molecular flexibility index (Phi) is 5.59. The van der Waals surface area contributed by atoms with Gasteiger partial charge >= 0.3 is 0 Å². The van der Waals surface area contributed by atoms with E-state index in [9.17, 15) is 18.0 Å². The van der Waals surface area contributed by atoms with Crippen molar-refractivity contribution < 1.29 is 17.6 Å². The van der Waals surface area contributed by atoms with E-state index in [4.69, 9.17) is 5.73 Å². The van der Waals surface area contributed by atoms with E-state index in [1.54, 1.807) is 0 Å². The summed E-state index contributed by atoms with van der Waals surface area (Å²) >= 11 is 0.720. The lowest BCUT2D eigenvalue weighted by atomic mass is 9.73. The molecule has 7 nitrogen and oxygen atoms in total. The Hall–Kier alpha value is -3.15. The molecule has 3 aromatic rings. The number of nitrogens with two attached hydrogens (primary N) is 1. The number of nitrogens with zero attached hydrogens (tertiary/aromatic N) is 3. The summed E-state index contributed by atoms with van der Waals surface area (Å²) in [6.07, 6.45) is -0.311. The highest BCUT2D eigenvalue weighted by atomic mass is 32.2. The van der Waals surface area contributed by atoms with Crippen LogP contribution in [0.5, 0.6) is 0 Å². The van der Waals surface area contributed by atoms with Gasteiger partial charge in [0.15, 0.2) is 22.6 Å². The normalized spacial score (nSPS) is 25.3. The second kappa shape index (κ2) is 8.01. The maximum atomic E-state index is 15.0. The van der Waals surface area contributed by atoms with E-state index in [0.29, 0.717) is 11.0 Å². The topological polar surface area (TPSA) is 109 Å². The molecule has 0 fully saturated rings. The molecule has 4 N–H and O–H groups in total. The number of aromatic nitrogens is 3. The number of hydrogen-bond acceptors (Lipinski definition) is 7. The minimum atomic E-state index is -2.78. The molecule has 1 unspecified atom stereocenters. The lowest BCUT2D eigenvalue weighted by molar-refractivity contribution is 0.0571. The Balaban J connectivity index is 1.84. The zero-order valence-corrected chi connectivity index (χ0v) is 18.6. The van der Waals surface area contributed by atoms with Crippen LogP contribution in [0.2, 0.25) is 0 Å². The largest absolute Gasteiger partial charge is 0.378 e. The summed E-state index contributed by atoms with van der Waals surface area (Å²) in [5.74, 6) is -3.13. The van der Waals surface area contributed by atoms with Gasteiger partial charge in [-0.2, -0.15) is 0 Å². The molecule has 0 spiro atoms. The van der Waals surface area contributed by atoms with Crippen molar-refractivity contribution in [1.29, 1.82) is 0 Å². The summed E-state index contributed by atoms with van der Waals surface area (Å²) in [7, 11) is 0. The number of H-pyrrole nitrogens is 1. The van der Waals surface area contributed by atoms with Gasteiger partial charge in [-0.1, -0.05) is 18.7 Å². The number of anilines is 2. The number of rotatable bonds is 4. The molecular formula is C21H20F4N6OS. The van der Waals surface area contributed by atoms with E-state index in [2.05, 4.69) is 25.3 Å². The first-order valence-corrected chi connectivity index (χ1v) is 10.7.